The lowest BCUT2D eigenvalue weighted by Gasteiger charge is -2.27. The highest BCUT2D eigenvalue weighted by Crippen LogP contribution is 2.30. The van der Waals surface area contributed by atoms with Gasteiger partial charge in [0.25, 0.3) is 0 Å². The number of benzene rings is 1. The molecule has 1 aromatic rings. The third-order valence-electron chi connectivity index (χ3n) is 2.63. The molecule has 1 fully saturated rings. The summed E-state index contributed by atoms with van der Waals surface area (Å²) in [6.07, 6.45) is 1.11. The molecule has 1 aromatic carbocycles. The van der Waals surface area contributed by atoms with E-state index in [0.717, 1.165) is 35.7 Å². The predicted octanol–water partition coefficient (Wildman–Crippen LogP) is 2.22. The van der Waals surface area contributed by atoms with Gasteiger partial charge >= 0.3 is 0 Å². The maximum atomic E-state index is 5.38. The molecule has 0 atom stereocenters. The van der Waals surface area contributed by atoms with Gasteiger partial charge in [-0.1, -0.05) is 12.1 Å². The van der Waals surface area contributed by atoms with E-state index in [-0.39, 0.29) is 0 Å². The van der Waals surface area contributed by atoms with Crippen molar-refractivity contribution in [1.29, 1.82) is 0 Å². The van der Waals surface area contributed by atoms with Crippen molar-refractivity contribution in [3.63, 3.8) is 0 Å². The van der Waals surface area contributed by atoms with Gasteiger partial charge in [-0.2, -0.15) is 0 Å². The quantitative estimate of drug-likeness (QED) is 0.895. The second kappa shape index (κ2) is 4.32. The van der Waals surface area contributed by atoms with Gasteiger partial charge < -0.3 is 10.1 Å². The first-order valence-corrected chi connectivity index (χ1v) is 5.62. The topological polar surface area (TPSA) is 21.3 Å². The Balaban J connectivity index is 2.17. The average Bonchev–Trinajstić information content (AvgIpc) is 2.11. The van der Waals surface area contributed by atoms with Crippen molar-refractivity contribution in [2.45, 2.75) is 6.42 Å². The molecular formula is C11H14BrNO. The molecule has 0 radical (unpaired) electrons. The molecule has 0 unspecified atom stereocenters. The molecule has 1 aliphatic rings. The monoisotopic (exact) mass is 255 g/mol. The minimum Gasteiger partial charge on any atom is -0.495 e. The standard InChI is InChI=1S/C11H14BrNO/c1-14-11-9(3-2-4-10(11)12)5-8-6-13-7-8/h2-4,8,13H,5-7H2,1H3. The van der Waals surface area contributed by atoms with Gasteiger partial charge in [-0.15, -0.1) is 0 Å². The first kappa shape index (κ1) is 9.99. The molecule has 76 valence electrons. The SMILES string of the molecule is COc1c(Br)cccc1CC1CNC1. The van der Waals surface area contributed by atoms with Gasteiger partial charge in [0, 0.05) is 0 Å². The first-order valence-electron chi connectivity index (χ1n) is 4.83. The van der Waals surface area contributed by atoms with Crippen molar-refractivity contribution >= 4 is 15.9 Å². The van der Waals surface area contributed by atoms with Crippen molar-refractivity contribution in [2.75, 3.05) is 20.2 Å². The molecule has 1 heterocycles. The zero-order valence-electron chi connectivity index (χ0n) is 8.22. The Morgan fingerprint density at radius 2 is 2.29 bits per heavy atom. The Morgan fingerprint density at radius 3 is 2.86 bits per heavy atom. The maximum absolute atomic E-state index is 5.38. The van der Waals surface area contributed by atoms with E-state index in [4.69, 9.17) is 4.74 Å². The zero-order chi connectivity index (χ0) is 9.97. The molecular weight excluding hydrogens is 242 g/mol. The normalized spacial score (nSPS) is 16.4. The van der Waals surface area contributed by atoms with Crippen LogP contribution in [-0.4, -0.2) is 20.2 Å². The fourth-order valence-corrected chi connectivity index (χ4v) is 2.32. The number of hydrogen-bond acceptors (Lipinski definition) is 2. The molecule has 3 heteroatoms. The van der Waals surface area contributed by atoms with E-state index in [2.05, 4.69) is 33.4 Å². The molecule has 1 N–H and O–H groups in total. The molecule has 0 amide bonds. The number of rotatable bonds is 3. The second-order valence-corrected chi connectivity index (χ2v) is 4.51. The maximum Gasteiger partial charge on any atom is 0.136 e. The van der Waals surface area contributed by atoms with Gasteiger partial charge in [-0.3, -0.25) is 0 Å². The molecule has 2 rings (SSSR count). The van der Waals surface area contributed by atoms with Gasteiger partial charge in [-0.25, -0.2) is 0 Å². The Bertz CT molecular complexity index is 323. The van der Waals surface area contributed by atoms with Crippen molar-refractivity contribution in [3.05, 3.63) is 28.2 Å². The molecule has 1 aliphatic heterocycles. The summed E-state index contributed by atoms with van der Waals surface area (Å²) in [5.41, 5.74) is 1.30. The fourth-order valence-electron chi connectivity index (χ4n) is 1.75. The van der Waals surface area contributed by atoms with Crippen LogP contribution >= 0.6 is 15.9 Å². The van der Waals surface area contributed by atoms with Gasteiger partial charge in [-0.05, 0) is 53.0 Å². The highest BCUT2D eigenvalue weighted by molar-refractivity contribution is 9.10. The van der Waals surface area contributed by atoms with Crippen molar-refractivity contribution in [3.8, 4) is 5.75 Å². The van der Waals surface area contributed by atoms with Gasteiger partial charge in [0.15, 0.2) is 0 Å². The Labute approximate surface area is 92.8 Å². The number of hydrogen-bond donors (Lipinski definition) is 1. The number of para-hydroxylation sites is 1. The van der Waals surface area contributed by atoms with E-state index in [0.29, 0.717) is 0 Å². The average molecular weight is 256 g/mol. The predicted molar refractivity (Wildman–Crippen MR) is 60.8 cm³/mol. The summed E-state index contributed by atoms with van der Waals surface area (Å²) in [6, 6.07) is 6.22. The van der Waals surface area contributed by atoms with Crippen LogP contribution in [0.3, 0.4) is 0 Å². The van der Waals surface area contributed by atoms with Gasteiger partial charge in [0.2, 0.25) is 0 Å². The van der Waals surface area contributed by atoms with E-state index in [9.17, 15) is 0 Å². The van der Waals surface area contributed by atoms with Crippen LogP contribution in [0.1, 0.15) is 5.56 Å². The molecule has 2 nitrogen and oxygen atoms in total. The first-order chi connectivity index (χ1) is 6.81. The smallest absolute Gasteiger partial charge is 0.136 e. The lowest BCUT2D eigenvalue weighted by Crippen LogP contribution is -2.43. The van der Waals surface area contributed by atoms with Crippen LogP contribution < -0.4 is 10.1 Å². The molecule has 0 aliphatic carbocycles. The fraction of sp³-hybridized carbons (Fsp3) is 0.455. The number of nitrogens with one attached hydrogen (secondary N) is 1. The third-order valence-corrected chi connectivity index (χ3v) is 3.25. The van der Waals surface area contributed by atoms with Crippen LogP contribution in [0.2, 0.25) is 0 Å². The zero-order valence-corrected chi connectivity index (χ0v) is 9.80. The Hall–Kier alpha value is -0.540. The Kier molecular flexibility index (Phi) is 3.08. The van der Waals surface area contributed by atoms with E-state index in [1.165, 1.54) is 5.56 Å². The summed E-state index contributed by atoms with van der Waals surface area (Å²) < 4.78 is 6.42. The molecule has 1 saturated heterocycles. The second-order valence-electron chi connectivity index (χ2n) is 3.66. The third kappa shape index (κ3) is 1.93. The van der Waals surface area contributed by atoms with Crippen LogP contribution in [0.15, 0.2) is 22.7 Å². The highest BCUT2D eigenvalue weighted by Gasteiger charge is 2.19. The van der Waals surface area contributed by atoms with Gasteiger partial charge in [0.1, 0.15) is 5.75 Å². The lowest BCUT2D eigenvalue weighted by atomic mass is 9.94. The molecule has 0 spiro atoms. The van der Waals surface area contributed by atoms with E-state index < -0.39 is 0 Å². The minimum absolute atomic E-state index is 0.776. The van der Waals surface area contributed by atoms with Crippen LogP contribution in [0.4, 0.5) is 0 Å². The summed E-state index contributed by atoms with van der Waals surface area (Å²) in [6.45, 7) is 2.27. The number of methoxy groups -OCH3 is 1. The van der Waals surface area contributed by atoms with Crippen LogP contribution in [0.25, 0.3) is 0 Å². The van der Waals surface area contributed by atoms with Gasteiger partial charge in [0.05, 0.1) is 11.6 Å². The molecule has 14 heavy (non-hydrogen) atoms. The van der Waals surface area contributed by atoms with E-state index >= 15 is 0 Å². The Morgan fingerprint density at radius 1 is 1.50 bits per heavy atom. The van der Waals surface area contributed by atoms with Crippen LogP contribution in [0, 0.1) is 5.92 Å². The van der Waals surface area contributed by atoms with Crippen LogP contribution in [0.5, 0.6) is 5.75 Å². The largest absolute Gasteiger partial charge is 0.495 e. The van der Waals surface area contributed by atoms with Crippen molar-refractivity contribution < 1.29 is 4.74 Å². The van der Waals surface area contributed by atoms with Crippen molar-refractivity contribution in [2.24, 2.45) is 5.92 Å². The molecule has 0 aromatic heterocycles. The summed E-state index contributed by atoms with van der Waals surface area (Å²) in [5.74, 6) is 1.76. The summed E-state index contributed by atoms with van der Waals surface area (Å²) in [5, 5.41) is 3.28. The minimum atomic E-state index is 0.776. The number of halogens is 1. The molecule has 0 saturated carbocycles. The van der Waals surface area contributed by atoms with E-state index in [1.807, 2.05) is 6.07 Å². The van der Waals surface area contributed by atoms with Crippen molar-refractivity contribution in [1.82, 2.24) is 5.32 Å². The van der Waals surface area contributed by atoms with Crippen LogP contribution in [-0.2, 0) is 6.42 Å². The summed E-state index contributed by atoms with van der Waals surface area (Å²) in [7, 11) is 1.72. The van der Waals surface area contributed by atoms with E-state index in [1.54, 1.807) is 7.11 Å². The summed E-state index contributed by atoms with van der Waals surface area (Å²) in [4.78, 5) is 0. The molecule has 0 bridgehead atoms. The number of ether oxygens (including phenoxy) is 1. The highest BCUT2D eigenvalue weighted by atomic mass is 79.9. The lowest BCUT2D eigenvalue weighted by molar-refractivity contribution is 0.338. The summed E-state index contributed by atoms with van der Waals surface area (Å²) >= 11 is 3.50.